The third kappa shape index (κ3) is 6.19. The predicted octanol–water partition coefficient (Wildman–Crippen LogP) is 5.58. The topological polar surface area (TPSA) is 46.5 Å². The third-order valence-electron chi connectivity index (χ3n) is 6.72. The molecule has 4 rings (SSSR count). The molecule has 1 saturated heterocycles. The fraction of sp³-hybridized carbons (Fsp3) is 0.519. The summed E-state index contributed by atoms with van der Waals surface area (Å²) in [5, 5.41) is 1.17. The molecule has 2 aliphatic rings. The van der Waals surface area contributed by atoms with E-state index < -0.39 is 0 Å². The molecule has 2 aromatic rings. The monoisotopic (exact) mass is 483 g/mol. The highest BCUT2D eigenvalue weighted by atomic mass is 32.2. The van der Waals surface area contributed by atoms with Gasteiger partial charge in [0.05, 0.1) is 26.5 Å². The number of unbranched alkanes of at least 4 members (excludes halogenated alkanes) is 2. The molecule has 0 atom stereocenters. The van der Waals surface area contributed by atoms with Crippen LogP contribution in [0.5, 0.6) is 17.2 Å². The number of hydrogen-bond donors (Lipinski definition) is 0. The first-order chi connectivity index (χ1) is 16.7. The van der Waals surface area contributed by atoms with Gasteiger partial charge in [-0.05, 0) is 62.4 Å². The van der Waals surface area contributed by atoms with Crippen LogP contribution in [0.25, 0.3) is 0 Å². The summed E-state index contributed by atoms with van der Waals surface area (Å²) in [4.78, 5) is 9.95. The molecular formula is C27H37N3O3S. The fourth-order valence-corrected chi connectivity index (χ4v) is 5.68. The SMILES string of the molecule is COc1cccc(OC)c1OCCCCCN1CCC(N(C)C2=Nc3ccccc3CS2)CC1. The van der Waals surface area contributed by atoms with Crippen molar-refractivity contribution in [1.82, 2.24) is 9.80 Å². The van der Waals surface area contributed by atoms with Crippen LogP contribution >= 0.6 is 11.8 Å². The average molecular weight is 484 g/mol. The second-order valence-electron chi connectivity index (χ2n) is 8.90. The highest BCUT2D eigenvalue weighted by Gasteiger charge is 2.26. The second-order valence-corrected chi connectivity index (χ2v) is 9.84. The number of para-hydroxylation sites is 2. The van der Waals surface area contributed by atoms with Gasteiger partial charge in [0.1, 0.15) is 0 Å². The Morgan fingerprint density at radius 2 is 1.71 bits per heavy atom. The van der Waals surface area contributed by atoms with Crippen molar-refractivity contribution in [3.05, 3.63) is 48.0 Å². The van der Waals surface area contributed by atoms with Crippen LogP contribution in [0.15, 0.2) is 47.5 Å². The van der Waals surface area contributed by atoms with Crippen LogP contribution in [0, 0.1) is 0 Å². The van der Waals surface area contributed by atoms with Gasteiger partial charge in [-0.2, -0.15) is 0 Å². The number of fused-ring (bicyclic) bond motifs is 1. The Morgan fingerprint density at radius 1 is 0.971 bits per heavy atom. The number of aliphatic imine (C=N–C) groups is 1. The summed E-state index contributed by atoms with van der Waals surface area (Å²) in [6.07, 6.45) is 5.79. The Balaban J connectivity index is 1.14. The predicted molar refractivity (Wildman–Crippen MR) is 141 cm³/mol. The zero-order chi connectivity index (χ0) is 23.8. The van der Waals surface area contributed by atoms with Crippen LogP contribution in [0.2, 0.25) is 0 Å². The lowest BCUT2D eigenvalue weighted by molar-refractivity contribution is 0.163. The number of ether oxygens (including phenoxy) is 3. The van der Waals surface area contributed by atoms with E-state index in [1.165, 1.54) is 43.1 Å². The minimum absolute atomic E-state index is 0.581. The minimum atomic E-state index is 0.581. The normalized spacial score (nSPS) is 16.5. The van der Waals surface area contributed by atoms with Crippen molar-refractivity contribution in [2.24, 2.45) is 4.99 Å². The van der Waals surface area contributed by atoms with Gasteiger partial charge in [-0.25, -0.2) is 4.99 Å². The van der Waals surface area contributed by atoms with Gasteiger partial charge in [0.15, 0.2) is 16.7 Å². The number of nitrogens with zero attached hydrogens (tertiary/aromatic N) is 3. The molecule has 2 aromatic carbocycles. The summed E-state index contributed by atoms with van der Waals surface area (Å²) in [6, 6.07) is 14.8. The maximum atomic E-state index is 5.98. The number of piperidine rings is 1. The molecule has 6 nitrogen and oxygen atoms in total. The molecule has 0 unspecified atom stereocenters. The van der Waals surface area contributed by atoms with Crippen molar-refractivity contribution < 1.29 is 14.2 Å². The van der Waals surface area contributed by atoms with Crippen molar-refractivity contribution in [3.63, 3.8) is 0 Å². The Kier molecular flexibility index (Phi) is 8.99. The van der Waals surface area contributed by atoms with Crippen LogP contribution in [0.3, 0.4) is 0 Å². The molecule has 2 heterocycles. The number of hydrogen-bond acceptors (Lipinski definition) is 7. The van der Waals surface area contributed by atoms with Gasteiger partial charge >= 0.3 is 0 Å². The fourth-order valence-electron chi connectivity index (χ4n) is 4.63. The van der Waals surface area contributed by atoms with Crippen molar-refractivity contribution in [2.45, 2.75) is 43.9 Å². The molecule has 1 fully saturated rings. The summed E-state index contributed by atoms with van der Waals surface area (Å²) >= 11 is 1.87. The van der Waals surface area contributed by atoms with Gasteiger partial charge in [-0.3, -0.25) is 0 Å². The van der Waals surface area contributed by atoms with E-state index in [0.717, 1.165) is 30.8 Å². The number of methoxy groups -OCH3 is 2. The molecule has 0 aliphatic carbocycles. The molecule has 0 saturated carbocycles. The largest absolute Gasteiger partial charge is 0.493 e. The van der Waals surface area contributed by atoms with E-state index in [1.54, 1.807) is 14.2 Å². The third-order valence-corrected chi connectivity index (χ3v) is 7.81. The van der Waals surface area contributed by atoms with E-state index in [2.05, 4.69) is 41.1 Å². The van der Waals surface area contributed by atoms with Gasteiger partial charge in [0.25, 0.3) is 0 Å². The summed E-state index contributed by atoms with van der Waals surface area (Å²) in [5.74, 6) is 3.15. The van der Waals surface area contributed by atoms with Gasteiger partial charge in [0, 0.05) is 31.9 Å². The quantitative estimate of drug-likeness (QED) is 0.411. The first-order valence-electron chi connectivity index (χ1n) is 12.3. The van der Waals surface area contributed by atoms with E-state index in [4.69, 9.17) is 19.2 Å². The molecular weight excluding hydrogens is 446 g/mol. The van der Waals surface area contributed by atoms with Crippen LogP contribution in [0.1, 0.15) is 37.7 Å². The highest BCUT2D eigenvalue weighted by Crippen LogP contribution is 2.37. The number of likely N-dealkylation sites (tertiary alicyclic amines) is 1. The number of rotatable bonds is 10. The Labute approximate surface area is 208 Å². The van der Waals surface area contributed by atoms with Gasteiger partial charge < -0.3 is 24.0 Å². The average Bonchev–Trinajstić information content (AvgIpc) is 2.90. The van der Waals surface area contributed by atoms with Crippen LogP contribution in [-0.2, 0) is 5.75 Å². The first-order valence-corrected chi connectivity index (χ1v) is 13.3. The summed E-state index contributed by atoms with van der Waals surface area (Å²) < 4.78 is 16.8. The smallest absolute Gasteiger partial charge is 0.203 e. The Hall–Kier alpha value is -2.38. The van der Waals surface area contributed by atoms with Crippen molar-refractivity contribution in [2.75, 3.05) is 47.5 Å². The number of thioether (sulfide) groups is 1. The zero-order valence-electron chi connectivity index (χ0n) is 20.7. The molecule has 0 aromatic heterocycles. The highest BCUT2D eigenvalue weighted by molar-refractivity contribution is 8.13. The van der Waals surface area contributed by atoms with E-state index >= 15 is 0 Å². The lowest BCUT2D eigenvalue weighted by Crippen LogP contribution is -2.45. The lowest BCUT2D eigenvalue weighted by atomic mass is 10.0. The molecule has 34 heavy (non-hydrogen) atoms. The van der Waals surface area contributed by atoms with E-state index in [-0.39, 0.29) is 0 Å². The summed E-state index contributed by atoms with van der Waals surface area (Å²) in [6.45, 7) is 4.17. The van der Waals surface area contributed by atoms with Crippen molar-refractivity contribution in [1.29, 1.82) is 0 Å². The molecule has 0 spiro atoms. The van der Waals surface area contributed by atoms with Crippen molar-refractivity contribution >= 4 is 22.6 Å². The maximum absolute atomic E-state index is 5.98. The van der Waals surface area contributed by atoms with E-state index in [0.29, 0.717) is 29.9 Å². The van der Waals surface area contributed by atoms with Gasteiger partial charge in [-0.1, -0.05) is 36.0 Å². The Morgan fingerprint density at radius 3 is 2.44 bits per heavy atom. The number of benzene rings is 2. The van der Waals surface area contributed by atoms with Crippen LogP contribution < -0.4 is 14.2 Å². The first kappa shape index (κ1) is 24.7. The van der Waals surface area contributed by atoms with Crippen LogP contribution in [0.4, 0.5) is 5.69 Å². The van der Waals surface area contributed by atoms with E-state index in [9.17, 15) is 0 Å². The molecule has 2 aliphatic heterocycles. The zero-order valence-corrected chi connectivity index (χ0v) is 21.5. The van der Waals surface area contributed by atoms with Gasteiger partial charge in [-0.15, -0.1) is 0 Å². The molecule has 7 heteroatoms. The van der Waals surface area contributed by atoms with E-state index in [1.807, 2.05) is 30.0 Å². The minimum Gasteiger partial charge on any atom is -0.493 e. The lowest BCUT2D eigenvalue weighted by Gasteiger charge is -2.38. The standard InChI is InChI=1S/C27H37N3O3S/c1-29(27-28-23-11-6-5-10-21(23)20-34-27)22-14-17-30(18-15-22)16-7-4-8-19-33-26-24(31-2)12-9-13-25(26)32-3/h5-6,9-13,22H,4,7-8,14-20H2,1-3H3. The maximum Gasteiger partial charge on any atom is 0.203 e. The summed E-state index contributed by atoms with van der Waals surface area (Å²) in [5.41, 5.74) is 2.47. The van der Waals surface area contributed by atoms with Crippen LogP contribution in [-0.4, -0.2) is 68.5 Å². The van der Waals surface area contributed by atoms with Crippen molar-refractivity contribution in [3.8, 4) is 17.2 Å². The summed E-state index contributed by atoms with van der Waals surface area (Å²) in [7, 11) is 5.53. The Bertz CT molecular complexity index is 938. The molecule has 184 valence electrons. The second kappa shape index (κ2) is 12.4. The molecule has 0 N–H and O–H groups in total. The number of amidine groups is 1. The molecule has 0 radical (unpaired) electrons. The molecule has 0 amide bonds. The molecule has 0 bridgehead atoms. The van der Waals surface area contributed by atoms with Gasteiger partial charge in [0.2, 0.25) is 5.75 Å².